The van der Waals surface area contributed by atoms with E-state index in [4.69, 9.17) is 5.73 Å². The highest BCUT2D eigenvalue weighted by Gasteiger charge is 2.17. The maximum Gasteiger partial charge on any atom is 0.222 e. The Kier molecular flexibility index (Phi) is 4.25. The molecule has 2 aromatic rings. The molecule has 0 unspecified atom stereocenters. The van der Waals surface area contributed by atoms with Gasteiger partial charge in [0.1, 0.15) is 5.82 Å². The summed E-state index contributed by atoms with van der Waals surface area (Å²) in [5.74, 6) is 1.13. The third-order valence-electron chi connectivity index (χ3n) is 4.12. The van der Waals surface area contributed by atoms with Crippen LogP contribution in [-0.2, 0) is 0 Å². The van der Waals surface area contributed by atoms with E-state index in [1.165, 1.54) is 0 Å². The summed E-state index contributed by atoms with van der Waals surface area (Å²) >= 11 is 0. The molecule has 6 nitrogen and oxygen atoms in total. The standard InChI is InChI=1S/C17H21N5O/c1-12(23)13-4-3-5-14(10-13)15-11-16(20-17(18)19-15)22-8-6-21(2)7-9-22/h3-5,10-11H,6-9H2,1-2H3,(H2,18,19,20). The van der Waals surface area contributed by atoms with Gasteiger partial charge in [0.25, 0.3) is 0 Å². The molecule has 1 aliphatic rings. The van der Waals surface area contributed by atoms with E-state index in [0.29, 0.717) is 5.56 Å². The summed E-state index contributed by atoms with van der Waals surface area (Å²) in [6.07, 6.45) is 0. The van der Waals surface area contributed by atoms with Gasteiger partial charge >= 0.3 is 0 Å². The number of Topliss-reactive ketones (excluding diaryl/α,β-unsaturated/α-hetero) is 1. The number of carbonyl (C=O) groups is 1. The molecule has 0 spiro atoms. The van der Waals surface area contributed by atoms with Crippen molar-refractivity contribution in [3.05, 3.63) is 35.9 Å². The lowest BCUT2D eigenvalue weighted by atomic mass is 10.1. The van der Waals surface area contributed by atoms with Crippen LogP contribution < -0.4 is 10.6 Å². The van der Waals surface area contributed by atoms with Crippen LogP contribution in [0.4, 0.5) is 11.8 Å². The summed E-state index contributed by atoms with van der Waals surface area (Å²) in [7, 11) is 2.12. The van der Waals surface area contributed by atoms with Crippen LogP contribution in [0.3, 0.4) is 0 Å². The molecule has 1 aromatic carbocycles. The first-order valence-electron chi connectivity index (χ1n) is 7.72. The molecule has 2 N–H and O–H groups in total. The SMILES string of the molecule is CC(=O)c1cccc(-c2cc(N3CCN(C)CC3)nc(N)n2)c1. The number of benzene rings is 1. The van der Waals surface area contributed by atoms with Crippen LogP contribution in [0.2, 0.25) is 0 Å². The van der Waals surface area contributed by atoms with Crippen LogP contribution in [-0.4, -0.2) is 53.9 Å². The number of piperazine rings is 1. The molecule has 0 aliphatic carbocycles. The van der Waals surface area contributed by atoms with E-state index in [1.807, 2.05) is 24.3 Å². The van der Waals surface area contributed by atoms with E-state index in [9.17, 15) is 4.79 Å². The van der Waals surface area contributed by atoms with Crippen molar-refractivity contribution in [2.24, 2.45) is 0 Å². The smallest absolute Gasteiger partial charge is 0.222 e. The third-order valence-corrected chi connectivity index (χ3v) is 4.12. The maximum atomic E-state index is 11.6. The lowest BCUT2D eigenvalue weighted by molar-refractivity contribution is 0.101. The average molecular weight is 311 g/mol. The number of ketones is 1. The van der Waals surface area contributed by atoms with Crippen molar-refractivity contribution in [1.82, 2.24) is 14.9 Å². The van der Waals surface area contributed by atoms with E-state index < -0.39 is 0 Å². The number of nitrogens with zero attached hydrogens (tertiary/aromatic N) is 4. The van der Waals surface area contributed by atoms with Crippen LogP contribution >= 0.6 is 0 Å². The largest absolute Gasteiger partial charge is 0.368 e. The molecule has 23 heavy (non-hydrogen) atoms. The Bertz CT molecular complexity index is 723. The van der Waals surface area contributed by atoms with Crippen molar-refractivity contribution in [2.45, 2.75) is 6.92 Å². The molecule has 0 amide bonds. The van der Waals surface area contributed by atoms with E-state index in [2.05, 4.69) is 26.8 Å². The van der Waals surface area contributed by atoms with Crippen molar-refractivity contribution in [2.75, 3.05) is 43.9 Å². The normalized spacial score (nSPS) is 15.7. The maximum absolute atomic E-state index is 11.6. The van der Waals surface area contributed by atoms with Gasteiger partial charge in [0, 0.05) is 43.4 Å². The van der Waals surface area contributed by atoms with Gasteiger partial charge in [-0.1, -0.05) is 18.2 Å². The van der Waals surface area contributed by atoms with Gasteiger partial charge in [-0.3, -0.25) is 4.79 Å². The molecule has 1 saturated heterocycles. The number of aromatic nitrogens is 2. The molecular formula is C17H21N5O. The number of carbonyl (C=O) groups excluding carboxylic acids is 1. The first-order chi connectivity index (χ1) is 11.0. The van der Waals surface area contributed by atoms with Gasteiger partial charge in [-0.2, -0.15) is 4.98 Å². The first kappa shape index (κ1) is 15.4. The summed E-state index contributed by atoms with van der Waals surface area (Å²) in [6, 6.07) is 9.39. The van der Waals surface area contributed by atoms with Crippen molar-refractivity contribution >= 4 is 17.5 Å². The zero-order chi connectivity index (χ0) is 16.4. The van der Waals surface area contributed by atoms with Crippen LogP contribution in [0.5, 0.6) is 0 Å². The fourth-order valence-corrected chi connectivity index (χ4v) is 2.70. The predicted molar refractivity (Wildman–Crippen MR) is 91.6 cm³/mol. The van der Waals surface area contributed by atoms with Crippen molar-refractivity contribution in [3.8, 4) is 11.3 Å². The molecule has 0 bridgehead atoms. The van der Waals surface area contributed by atoms with Gasteiger partial charge in [0.2, 0.25) is 5.95 Å². The van der Waals surface area contributed by atoms with Crippen molar-refractivity contribution in [1.29, 1.82) is 0 Å². The quantitative estimate of drug-likeness (QED) is 0.869. The highest BCUT2D eigenvalue weighted by molar-refractivity contribution is 5.95. The van der Waals surface area contributed by atoms with E-state index in [1.54, 1.807) is 13.0 Å². The number of hydrogen-bond donors (Lipinski definition) is 1. The highest BCUT2D eigenvalue weighted by atomic mass is 16.1. The van der Waals surface area contributed by atoms with Crippen LogP contribution in [0.25, 0.3) is 11.3 Å². The molecule has 2 heterocycles. The highest BCUT2D eigenvalue weighted by Crippen LogP contribution is 2.24. The Balaban J connectivity index is 1.94. The average Bonchev–Trinajstić information content (AvgIpc) is 2.55. The van der Waals surface area contributed by atoms with Gasteiger partial charge in [-0.15, -0.1) is 0 Å². The number of anilines is 2. The summed E-state index contributed by atoms with van der Waals surface area (Å²) < 4.78 is 0. The molecule has 6 heteroatoms. The summed E-state index contributed by atoms with van der Waals surface area (Å²) in [5.41, 5.74) is 8.19. The second-order valence-corrected chi connectivity index (χ2v) is 5.90. The zero-order valence-electron chi connectivity index (χ0n) is 13.5. The zero-order valence-corrected chi connectivity index (χ0v) is 13.5. The van der Waals surface area contributed by atoms with Crippen LogP contribution in [0.1, 0.15) is 17.3 Å². The van der Waals surface area contributed by atoms with Crippen molar-refractivity contribution in [3.63, 3.8) is 0 Å². The number of likely N-dealkylation sites (N-methyl/N-ethyl adjacent to an activating group) is 1. The minimum Gasteiger partial charge on any atom is -0.368 e. The van der Waals surface area contributed by atoms with Crippen LogP contribution in [0.15, 0.2) is 30.3 Å². The van der Waals surface area contributed by atoms with Gasteiger partial charge in [-0.25, -0.2) is 4.98 Å². The fraction of sp³-hybridized carbons (Fsp3) is 0.353. The van der Waals surface area contributed by atoms with Gasteiger partial charge < -0.3 is 15.5 Å². The molecule has 1 aliphatic heterocycles. The second-order valence-electron chi connectivity index (χ2n) is 5.90. The summed E-state index contributed by atoms with van der Waals surface area (Å²) in [6.45, 7) is 5.39. The Morgan fingerprint density at radius 2 is 1.87 bits per heavy atom. The van der Waals surface area contributed by atoms with Gasteiger partial charge in [-0.05, 0) is 20.0 Å². The fourth-order valence-electron chi connectivity index (χ4n) is 2.70. The molecule has 0 atom stereocenters. The Morgan fingerprint density at radius 3 is 2.57 bits per heavy atom. The van der Waals surface area contributed by atoms with Crippen molar-refractivity contribution < 1.29 is 4.79 Å². The minimum atomic E-state index is 0.0353. The van der Waals surface area contributed by atoms with E-state index in [0.717, 1.165) is 43.3 Å². The molecule has 1 fully saturated rings. The molecular weight excluding hydrogens is 290 g/mol. The number of nitrogen functional groups attached to an aromatic ring is 1. The Hall–Kier alpha value is -2.47. The number of nitrogens with two attached hydrogens (primary N) is 1. The second kappa shape index (κ2) is 6.34. The Labute approximate surface area is 135 Å². The van der Waals surface area contributed by atoms with E-state index >= 15 is 0 Å². The first-order valence-corrected chi connectivity index (χ1v) is 7.72. The summed E-state index contributed by atoms with van der Waals surface area (Å²) in [4.78, 5) is 24.8. The molecule has 1 aromatic heterocycles. The molecule has 120 valence electrons. The van der Waals surface area contributed by atoms with Gasteiger partial charge in [0.15, 0.2) is 5.78 Å². The number of hydrogen-bond acceptors (Lipinski definition) is 6. The van der Waals surface area contributed by atoms with Crippen LogP contribution in [0, 0.1) is 0 Å². The lowest BCUT2D eigenvalue weighted by Crippen LogP contribution is -2.44. The topological polar surface area (TPSA) is 75.4 Å². The predicted octanol–water partition coefficient (Wildman–Crippen LogP) is 1.68. The third kappa shape index (κ3) is 3.48. The monoisotopic (exact) mass is 311 g/mol. The molecule has 3 rings (SSSR count). The lowest BCUT2D eigenvalue weighted by Gasteiger charge is -2.33. The number of rotatable bonds is 3. The Morgan fingerprint density at radius 1 is 1.13 bits per heavy atom. The molecule has 0 radical (unpaired) electrons. The van der Waals surface area contributed by atoms with Gasteiger partial charge in [0.05, 0.1) is 5.69 Å². The summed E-state index contributed by atoms with van der Waals surface area (Å²) in [5, 5.41) is 0. The molecule has 0 saturated carbocycles. The minimum absolute atomic E-state index is 0.0353. The van der Waals surface area contributed by atoms with E-state index in [-0.39, 0.29) is 11.7 Å².